The molecule has 1 heterocycles. The van der Waals surface area contributed by atoms with E-state index in [1.54, 1.807) is 0 Å². The van der Waals surface area contributed by atoms with Crippen LogP contribution in [0.15, 0.2) is 0 Å². The summed E-state index contributed by atoms with van der Waals surface area (Å²) in [7, 11) is 0. The normalized spacial score (nSPS) is 26.8. The van der Waals surface area contributed by atoms with Crippen molar-refractivity contribution in [3.05, 3.63) is 0 Å². The van der Waals surface area contributed by atoms with Crippen LogP contribution in [0.2, 0.25) is 0 Å². The minimum atomic E-state index is -0.0481. The Labute approximate surface area is 81.7 Å². The third-order valence-electron chi connectivity index (χ3n) is 2.92. The maximum atomic E-state index is 9.67. The predicted octanol–water partition coefficient (Wildman–Crippen LogP) is 1.93. The first kappa shape index (κ1) is 11.0. The fraction of sp³-hybridized carbons (Fsp3) is 1.00. The highest BCUT2D eigenvalue weighted by Crippen LogP contribution is 2.20. The summed E-state index contributed by atoms with van der Waals surface area (Å²) in [5.41, 5.74) is 0. The van der Waals surface area contributed by atoms with E-state index in [4.69, 9.17) is 0 Å². The van der Waals surface area contributed by atoms with Gasteiger partial charge in [0, 0.05) is 0 Å². The lowest BCUT2D eigenvalue weighted by atomic mass is 9.92. The summed E-state index contributed by atoms with van der Waals surface area (Å²) < 4.78 is 0. The molecule has 13 heavy (non-hydrogen) atoms. The zero-order chi connectivity index (χ0) is 9.52. The molecule has 0 saturated carbocycles. The molecule has 78 valence electrons. The zero-order valence-electron chi connectivity index (χ0n) is 8.76. The van der Waals surface area contributed by atoms with E-state index < -0.39 is 0 Å². The second kappa shape index (κ2) is 6.39. The largest absolute Gasteiger partial charge is 0.393 e. The Morgan fingerprint density at radius 2 is 2.23 bits per heavy atom. The molecule has 2 unspecified atom stereocenters. The molecular formula is C11H23NO. The van der Waals surface area contributed by atoms with Gasteiger partial charge >= 0.3 is 0 Å². The highest BCUT2D eigenvalue weighted by Gasteiger charge is 2.15. The van der Waals surface area contributed by atoms with Gasteiger partial charge in [0.2, 0.25) is 0 Å². The molecular weight excluding hydrogens is 162 g/mol. The van der Waals surface area contributed by atoms with Gasteiger partial charge in [-0.05, 0) is 51.1 Å². The van der Waals surface area contributed by atoms with Crippen LogP contribution in [0.4, 0.5) is 0 Å². The molecule has 1 saturated heterocycles. The monoisotopic (exact) mass is 185 g/mol. The van der Waals surface area contributed by atoms with Crippen LogP contribution in [0.25, 0.3) is 0 Å². The Morgan fingerprint density at radius 3 is 3.00 bits per heavy atom. The van der Waals surface area contributed by atoms with E-state index in [1.807, 2.05) is 0 Å². The third-order valence-corrected chi connectivity index (χ3v) is 2.92. The smallest absolute Gasteiger partial charge is 0.0542 e. The molecule has 0 radical (unpaired) electrons. The summed E-state index contributed by atoms with van der Waals surface area (Å²) in [6, 6.07) is 0. The highest BCUT2D eigenvalue weighted by molar-refractivity contribution is 4.70. The molecule has 0 aromatic carbocycles. The average molecular weight is 185 g/mol. The van der Waals surface area contributed by atoms with Crippen molar-refractivity contribution in [3.8, 4) is 0 Å². The summed E-state index contributed by atoms with van der Waals surface area (Å²) >= 11 is 0. The van der Waals surface area contributed by atoms with Crippen LogP contribution >= 0.6 is 0 Å². The summed E-state index contributed by atoms with van der Waals surface area (Å²) in [5.74, 6) is 0.761. The number of hydrogen-bond acceptors (Lipinski definition) is 2. The quantitative estimate of drug-likeness (QED) is 0.701. The minimum Gasteiger partial charge on any atom is -0.393 e. The second-order valence-corrected chi connectivity index (χ2v) is 4.23. The van der Waals surface area contributed by atoms with Crippen molar-refractivity contribution in [2.45, 2.75) is 51.6 Å². The lowest BCUT2D eigenvalue weighted by Crippen LogP contribution is -2.16. The van der Waals surface area contributed by atoms with Crippen molar-refractivity contribution >= 4 is 0 Å². The molecule has 1 aliphatic heterocycles. The fourth-order valence-corrected chi connectivity index (χ4v) is 2.16. The lowest BCUT2D eigenvalue weighted by molar-refractivity contribution is 0.128. The van der Waals surface area contributed by atoms with E-state index in [0.717, 1.165) is 31.7 Å². The van der Waals surface area contributed by atoms with E-state index in [1.165, 1.54) is 25.8 Å². The second-order valence-electron chi connectivity index (χ2n) is 4.23. The van der Waals surface area contributed by atoms with Gasteiger partial charge in [-0.1, -0.05) is 13.3 Å². The molecule has 1 rings (SSSR count). The highest BCUT2D eigenvalue weighted by atomic mass is 16.3. The Kier molecular flexibility index (Phi) is 5.40. The number of hydrogen-bond donors (Lipinski definition) is 2. The summed E-state index contributed by atoms with van der Waals surface area (Å²) in [6.07, 6.45) is 6.89. The Morgan fingerprint density at radius 1 is 1.38 bits per heavy atom. The first-order valence-electron chi connectivity index (χ1n) is 5.71. The van der Waals surface area contributed by atoms with Gasteiger partial charge in [-0.3, -0.25) is 0 Å². The SMILES string of the molecule is CCCC(O)CC1CCCNCC1. The summed E-state index contributed by atoms with van der Waals surface area (Å²) in [5, 5.41) is 13.1. The van der Waals surface area contributed by atoms with Crippen molar-refractivity contribution in [2.75, 3.05) is 13.1 Å². The first-order valence-corrected chi connectivity index (χ1v) is 5.71. The van der Waals surface area contributed by atoms with Gasteiger partial charge in [-0.15, -0.1) is 0 Å². The lowest BCUT2D eigenvalue weighted by Gasteiger charge is -2.17. The van der Waals surface area contributed by atoms with Crippen LogP contribution in [-0.2, 0) is 0 Å². The molecule has 0 aliphatic carbocycles. The number of nitrogens with one attached hydrogen (secondary N) is 1. The maximum Gasteiger partial charge on any atom is 0.0542 e. The number of rotatable bonds is 4. The van der Waals surface area contributed by atoms with E-state index >= 15 is 0 Å². The van der Waals surface area contributed by atoms with Gasteiger partial charge in [-0.25, -0.2) is 0 Å². The van der Waals surface area contributed by atoms with E-state index in [-0.39, 0.29) is 6.10 Å². The van der Waals surface area contributed by atoms with Crippen LogP contribution in [0, 0.1) is 5.92 Å². The third kappa shape index (κ3) is 4.63. The fourth-order valence-electron chi connectivity index (χ4n) is 2.16. The molecule has 2 heteroatoms. The molecule has 2 nitrogen and oxygen atoms in total. The van der Waals surface area contributed by atoms with Crippen molar-refractivity contribution in [3.63, 3.8) is 0 Å². The van der Waals surface area contributed by atoms with Crippen molar-refractivity contribution in [1.82, 2.24) is 5.32 Å². The van der Waals surface area contributed by atoms with Crippen LogP contribution in [0.1, 0.15) is 45.4 Å². The van der Waals surface area contributed by atoms with Crippen molar-refractivity contribution < 1.29 is 5.11 Å². The van der Waals surface area contributed by atoms with Gasteiger partial charge in [0.15, 0.2) is 0 Å². The van der Waals surface area contributed by atoms with Gasteiger partial charge in [0.25, 0.3) is 0 Å². The van der Waals surface area contributed by atoms with Crippen LogP contribution in [-0.4, -0.2) is 24.3 Å². The molecule has 1 fully saturated rings. The zero-order valence-corrected chi connectivity index (χ0v) is 8.76. The summed E-state index contributed by atoms with van der Waals surface area (Å²) in [6.45, 7) is 4.45. The molecule has 0 aromatic rings. The van der Waals surface area contributed by atoms with Gasteiger partial charge < -0.3 is 10.4 Å². The Hall–Kier alpha value is -0.0800. The molecule has 0 aromatic heterocycles. The number of aliphatic hydroxyl groups excluding tert-OH is 1. The molecule has 0 bridgehead atoms. The van der Waals surface area contributed by atoms with E-state index in [9.17, 15) is 5.11 Å². The molecule has 1 aliphatic rings. The predicted molar refractivity (Wildman–Crippen MR) is 55.7 cm³/mol. The Bertz CT molecular complexity index is 119. The Balaban J connectivity index is 2.17. The molecule has 2 atom stereocenters. The van der Waals surface area contributed by atoms with Crippen molar-refractivity contribution in [2.24, 2.45) is 5.92 Å². The first-order chi connectivity index (χ1) is 6.33. The van der Waals surface area contributed by atoms with Gasteiger partial charge in [0.1, 0.15) is 0 Å². The van der Waals surface area contributed by atoms with Crippen LogP contribution < -0.4 is 5.32 Å². The molecule has 2 N–H and O–H groups in total. The van der Waals surface area contributed by atoms with Crippen LogP contribution in [0.5, 0.6) is 0 Å². The molecule has 0 amide bonds. The summed E-state index contributed by atoms with van der Waals surface area (Å²) in [4.78, 5) is 0. The number of aliphatic hydroxyl groups is 1. The standard InChI is InChI=1S/C11H23NO/c1-2-4-11(13)9-10-5-3-7-12-8-6-10/h10-13H,2-9H2,1H3. The van der Waals surface area contributed by atoms with Gasteiger partial charge in [0.05, 0.1) is 6.10 Å². The topological polar surface area (TPSA) is 32.3 Å². The molecule has 0 spiro atoms. The van der Waals surface area contributed by atoms with E-state index in [0.29, 0.717) is 0 Å². The minimum absolute atomic E-state index is 0.0481. The van der Waals surface area contributed by atoms with Gasteiger partial charge in [-0.2, -0.15) is 0 Å². The van der Waals surface area contributed by atoms with Crippen molar-refractivity contribution in [1.29, 1.82) is 0 Å². The maximum absolute atomic E-state index is 9.67. The van der Waals surface area contributed by atoms with Crippen LogP contribution in [0.3, 0.4) is 0 Å². The average Bonchev–Trinajstić information content (AvgIpc) is 2.33. The van der Waals surface area contributed by atoms with E-state index in [2.05, 4.69) is 12.2 Å².